The molecule has 0 unspecified atom stereocenters. The van der Waals surface area contributed by atoms with Gasteiger partial charge in [-0.15, -0.1) is 0 Å². The molecule has 3 aromatic rings. The quantitative estimate of drug-likeness (QED) is 0.264. The van der Waals surface area contributed by atoms with E-state index in [1.165, 1.54) is 23.1 Å². The van der Waals surface area contributed by atoms with Crippen LogP contribution in [-0.4, -0.2) is 16.8 Å². The molecule has 0 aliphatic carbocycles. The Bertz CT molecular complexity index is 1250. The molecule has 10 heteroatoms. The lowest BCUT2D eigenvalue weighted by Crippen LogP contribution is -2.27. The topological polar surface area (TPSA) is 42.7 Å². The van der Waals surface area contributed by atoms with Crippen molar-refractivity contribution in [2.75, 3.05) is 11.5 Å². The summed E-state index contributed by atoms with van der Waals surface area (Å²) < 4.78 is 50.6. The summed E-state index contributed by atoms with van der Waals surface area (Å²) in [6, 6.07) is 13.0. The minimum atomic E-state index is -4.51. The van der Waals surface area contributed by atoms with Crippen LogP contribution in [0.25, 0.3) is 17.4 Å². The minimum Gasteiger partial charge on any atom is -0.494 e. The molecule has 4 rings (SSSR count). The zero-order chi connectivity index (χ0) is 23.8. The highest BCUT2D eigenvalue weighted by Gasteiger charge is 2.34. The van der Waals surface area contributed by atoms with E-state index >= 15 is 0 Å². The molecule has 0 spiro atoms. The van der Waals surface area contributed by atoms with Gasteiger partial charge in [0, 0.05) is 11.6 Å². The third-order valence-corrected chi connectivity index (χ3v) is 6.29. The molecule has 1 aliphatic heterocycles. The number of rotatable bonds is 5. The summed E-state index contributed by atoms with van der Waals surface area (Å²) >= 11 is 12.6. The molecule has 0 radical (unpaired) electrons. The fourth-order valence-corrected chi connectivity index (χ4v) is 4.63. The van der Waals surface area contributed by atoms with Crippen molar-refractivity contribution in [3.63, 3.8) is 0 Å². The zero-order valence-corrected chi connectivity index (χ0v) is 19.4. The number of thioether (sulfide) groups is 1. The van der Waals surface area contributed by atoms with Crippen molar-refractivity contribution in [3.8, 4) is 17.1 Å². The van der Waals surface area contributed by atoms with E-state index in [0.29, 0.717) is 27.3 Å². The molecule has 0 N–H and O–H groups in total. The highest BCUT2D eigenvalue weighted by Crippen LogP contribution is 2.39. The lowest BCUT2D eigenvalue weighted by Gasteiger charge is -2.15. The first kappa shape index (κ1) is 23.4. The number of ether oxygens (including phenoxy) is 1. The number of amides is 1. The molecule has 1 aliphatic rings. The second-order valence-corrected chi connectivity index (χ2v) is 8.92. The molecule has 0 saturated carbocycles. The molecule has 0 atom stereocenters. The Hall–Kier alpha value is -2.75. The highest BCUT2D eigenvalue weighted by atomic mass is 35.5. The van der Waals surface area contributed by atoms with Crippen LogP contribution in [-0.2, 0) is 11.0 Å². The van der Waals surface area contributed by atoms with Crippen molar-refractivity contribution >= 4 is 57.6 Å². The van der Waals surface area contributed by atoms with Crippen molar-refractivity contribution < 1.29 is 27.1 Å². The molecule has 1 saturated heterocycles. The van der Waals surface area contributed by atoms with E-state index in [4.69, 9.17) is 33.0 Å². The van der Waals surface area contributed by atoms with Gasteiger partial charge < -0.3 is 9.15 Å². The second-order valence-electron chi connectivity index (χ2n) is 6.84. The van der Waals surface area contributed by atoms with Gasteiger partial charge in [0.25, 0.3) is 5.91 Å². The number of halogens is 4. The van der Waals surface area contributed by atoms with Gasteiger partial charge in [-0.2, -0.15) is 13.2 Å². The summed E-state index contributed by atoms with van der Waals surface area (Å²) in [4.78, 5) is 14.7. The fraction of sp³-hybridized carbons (Fsp3) is 0.130. The summed E-state index contributed by atoms with van der Waals surface area (Å²) in [6.07, 6.45) is -3.01. The molecule has 0 bridgehead atoms. The Morgan fingerprint density at radius 2 is 1.88 bits per heavy atom. The Labute approximate surface area is 202 Å². The van der Waals surface area contributed by atoms with Crippen LogP contribution in [0.3, 0.4) is 0 Å². The van der Waals surface area contributed by atoms with E-state index in [2.05, 4.69) is 0 Å². The molecule has 2 aromatic carbocycles. The van der Waals surface area contributed by atoms with Gasteiger partial charge in [0.15, 0.2) is 4.32 Å². The zero-order valence-electron chi connectivity index (χ0n) is 17.0. The SMILES string of the molecule is CCOc1ccc(N2C(=O)/C(=C/c3ccc(-c4cc(C(F)(F)F)ccc4Cl)o3)SC2=S)cc1. The van der Waals surface area contributed by atoms with Crippen LogP contribution < -0.4 is 9.64 Å². The van der Waals surface area contributed by atoms with Gasteiger partial charge >= 0.3 is 6.18 Å². The van der Waals surface area contributed by atoms with Gasteiger partial charge in [-0.3, -0.25) is 9.69 Å². The van der Waals surface area contributed by atoms with Crippen LogP contribution in [0, 0.1) is 0 Å². The standard InChI is InChI=1S/C23H15ClF3NO3S2/c1-2-30-15-6-4-14(5-7-15)28-21(29)20(33-22(28)32)12-16-8-10-19(31-16)17-11-13(23(25,26)27)3-9-18(17)24/h3-12H,2H2,1H3/b20-12-. The average molecular weight is 510 g/mol. The monoisotopic (exact) mass is 509 g/mol. The van der Waals surface area contributed by atoms with Gasteiger partial charge in [0.2, 0.25) is 0 Å². The first-order valence-corrected chi connectivity index (χ1v) is 11.3. The Morgan fingerprint density at radius 1 is 1.15 bits per heavy atom. The molecule has 1 fully saturated rings. The smallest absolute Gasteiger partial charge is 0.416 e. The number of nitrogens with zero attached hydrogens (tertiary/aromatic N) is 1. The number of hydrogen-bond acceptors (Lipinski definition) is 5. The predicted octanol–water partition coefficient (Wildman–Crippen LogP) is 7.42. The van der Waals surface area contributed by atoms with E-state index in [9.17, 15) is 18.0 Å². The number of anilines is 1. The van der Waals surface area contributed by atoms with E-state index < -0.39 is 11.7 Å². The molecule has 2 heterocycles. The van der Waals surface area contributed by atoms with Crippen molar-refractivity contribution in [1.29, 1.82) is 0 Å². The van der Waals surface area contributed by atoms with Crippen LogP contribution in [0.2, 0.25) is 5.02 Å². The number of furan rings is 1. The first-order chi connectivity index (χ1) is 15.7. The Kier molecular flexibility index (Phi) is 6.56. The number of hydrogen-bond donors (Lipinski definition) is 0. The largest absolute Gasteiger partial charge is 0.494 e. The third-order valence-electron chi connectivity index (χ3n) is 4.66. The molecule has 1 aromatic heterocycles. The van der Waals surface area contributed by atoms with Crippen molar-refractivity contribution in [2.24, 2.45) is 0 Å². The summed E-state index contributed by atoms with van der Waals surface area (Å²) in [6.45, 7) is 2.40. The lowest BCUT2D eigenvalue weighted by atomic mass is 10.1. The number of alkyl halides is 3. The number of thiocarbonyl (C=S) groups is 1. The van der Waals surface area contributed by atoms with Crippen molar-refractivity contribution in [1.82, 2.24) is 0 Å². The van der Waals surface area contributed by atoms with Crippen LogP contribution in [0.5, 0.6) is 5.75 Å². The summed E-state index contributed by atoms with van der Waals surface area (Å²) in [5.74, 6) is 0.785. The van der Waals surface area contributed by atoms with Gasteiger partial charge in [-0.1, -0.05) is 35.6 Å². The van der Waals surface area contributed by atoms with Gasteiger partial charge in [-0.25, -0.2) is 0 Å². The summed E-state index contributed by atoms with van der Waals surface area (Å²) in [5.41, 5.74) is -0.135. The number of carbonyl (C=O) groups is 1. The third kappa shape index (κ3) is 4.95. The van der Waals surface area contributed by atoms with E-state index in [1.54, 1.807) is 30.3 Å². The maximum atomic E-state index is 13.1. The Morgan fingerprint density at radius 3 is 2.55 bits per heavy atom. The van der Waals surface area contributed by atoms with E-state index in [0.717, 1.165) is 23.9 Å². The van der Waals surface area contributed by atoms with Crippen molar-refractivity contribution in [2.45, 2.75) is 13.1 Å². The first-order valence-electron chi connectivity index (χ1n) is 9.65. The number of carbonyl (C=O) groups excluding carboxylic acids is 1. The molecule has 170 valence electrons. The van der Waals surface area contributed by atoms with Gasteiger partial charge in [0.05, 0.1) is 27.8 Å². The summed E-state index contributed by atoms with van der Waals surface area (Å²) in [5, 5.41) is 0.116. The van der Waals surface area contributed by atoms with Crippen LogP contribution in [0.4, 0.5) is 18.9 Å². The lowest BCUT2D eigenvalue weighted by molar-refractivity contribution is -0.137. The summed E-state index contributed by atoms with van der Waals surface area (Å²) in [7, 11) is 0. The molecule has 1 amide bonds. The Balaban J connectivity index is 1.59. The second kappa shape index (κ2) is 9.24. The van der Waals surface area contributed by atoms with Gasteiger partial charge in [0.1, 0.15) is 17.3 Å². The van der Waals surface area contributed by atoms with Crippen LogP contribution >= 0.6 is 35.6 Å². The molecular weight excluding hydrogens is 495 g/mol. The molecule has 33 heavy (non-hydrogen) atoms. The molecular formula is C23H15ClF3NO3S2. The van der Waals surface area contributed by atoms with Crippen molar-refractivity contribution in [3.05, 3.63) is 75.8 Å². The number of benzene rings is 2. The predicted molar refractivity (Wildman–Crippen MR) is 127 cm³/mol. The highest BCUT2D eigenvalue weighted by molar-refractivity contribution is 8.27. The minimum absolute atomic E-state index is 0.105. The average Bonchev–Trinajstić information content (AvgIpc) is 3.33. The van der Waals surface area contributed by atoms with E-state index in [-0.39, 0.29) is 28.0 Å². The van der Waals surface area contributed by atoms with E-state index in [1.807, 2.05) is 6.92 Å². The van der Waals surface area contributed by atoms with Crippen LogP contribution in [0.1, 0.15) is 18.2 Å². The normalized spacial score (nSPS) is 15.5. The maximum Gasteiger partial charge on any atom is 0.416 e. The fourth-order valence-electron chi connectivity index (χ4n) is 3.14. The molecule has 4 nitrogen and oxygen atoms in total. The van der Waals surface area contributed by atoms with Gasteiger partial charge in [-0.05, 0) is 61.5 Å². The maximum absolute atomic E-state index is 13.1. The van der Waals surface area contributed by atoms with Crippen LogP contribution in [0.15, 0.2) is 63.9 Å².